The smallest absolute Gasteiger partial charge is 0.137 e. The van der Waals surface area contributed by atoms with Crippen LogP contribution in [0.1, 0.15) is 0 Å². The van der Waals surface area contributed by atoms with Crippen molar-refractivity contribution in [1.82, 2.24) is 4.98 Å². The monoisotopic (exact) mass is 652 g/mol. The second-order valence-electron chi connectivity index (χ2n) is 13.2. The second-order valence-corrected chi connectivity index (χ2v) is 13.2. The van der Waals surface area contributed by atoms with Crippen molar-refractivity contribution in [3.05, 3.63) is 170 Å². The van der Waals surface area contributed by atoms with Gasteiger partial charge in [0.15, 0.2) is 0 Å². The first-order valence-corrected chi connectivity index (χ1v) is 17.2. The first-order valence-electron chi connectivity index (χ1n) is 17.2. The maximum absolute atomic E-state index is 6.54. The Balaban J connectivity index is 1.09. The molecule has 0 fully saturated rings. The Morgan fingerprint density at radius 1 is 0.373 bits per heavy atom. The third kappa shape index (κ3) is 4.37. The Kier molecular flexibility index (Phi) is 5.92. The van der Waals surface area contributed by atoms with Gasteiger partial charge < -0.3 is 13.7 Å². The summed E-state index contributed by atoms with van der Waals surface area (Å²) in [5.74, 6) is 0. The molecule has 11 rings (SSSR count). The fraction of sp³-hybridized carbons (Fsp3) is 0. The van der Waals surface area contributed by atoms with Gasteiger partial charge in [-0.3, -0.25) is 4.98 Å². The van der Waals surface area contributed by atoms with Crippen molar-refractivity contribution in [2.75, 3.05) is 4.90 Å². The van der Waals surface area contributed by atoms with Gasteiger partial charge >= 0.3 is 0 Å². The Morgan fingerprint density at radius 3 is 1.55 bits per heavy atom. The Hall–Kier alpha value is -6.91. The Bertz CT molecular complexity index is 3000. The van der Waals surface area contributed by atoms with E-state index in [2.05, 4.69) is 168 Å². The summed E-state index contributed by atoms with van der Waals surface area (Å²) in [5, 5.41) is 11.6. The molecular weight excluding hydrogens is 625 g/mol. The van der Waals surface area contributed by atoms with Crippen LogP contribution in [0.5, 0.6) is 0 Å². The van der Waals surface area contributed by atoms with Crippen molar-refractivity contribution in [3.8, 4) is 11.1 Å². The summed E-state index contributed by atoms with van der Waals surface area (Å²) in [7, 11) is 0. The molecule has 0 aliphatic rings. The van der Waals surface area contributed by atoms with E-state index in [9.17, 15) is 0 Å². The van der Waals surface area contributed by atoms with E-state index in [-0.39, 0.29) is 0 Å². The molecule has 8 aromatic carbocycles. The van der Waals surface area contributed by atoms with Crippen LogP contribution in [0.2, 0.25) is 0 Å². The number of furan rings is 2. The van der Waals surface area contributed by atoms with Gasteiger partial charge in [0.2, 0.25) is 0 Å². The number of aromatic nitrogens is 1. The zero-order valence-electron chi connectivity index (χ0n) is 27.4. The lowest BCUT2D eigenvalue weighted by Gasteiger charge is -2.25. The number of hydrogen-bond acceptors (Lipinski definition) is 4. The molecule has 4 nitrogen and oxygen atoms in total. The summed E-state index contributed by atoms with van der Waals surface area (Å²) in [4.78, 5) is 6.56. The molecule has 11 aromatic rings. The number of nitrogens with zero attached hydrogens (tertiary/aromatic N) is 2. The highest BCUT2D eigenvalue weighted by Gasteiger charge is 2.19. The minimum Gasteiger partial charge on any atom is -0.456 e. The molecule has 4 heteroatoms. The summed E-state index contributed by atoms with van der Waals surface area (Å²) in [6.07, 6.45) is 3.75. The predicted octanol–water partition coefficient (Wildman–Crippen LogP) is 13.5. The third-order valence-corrected chi connectivity index (χ3v) is 10.3. The SMILES string of the molecule is c1ccc2c(c1)ccc1oc3cc(N(c4ccc(-c5ccc6cnccc6c5)cc4)c4ccc5c(c4)oc4ccc6ccccc6c45)ccc3c12. The van der Waals surface area contributed by atoms with E-state index in [1.54, 1.807) is 0 Å². The van der Waals surface area contributed by atoms with Crippen LogP contribution in [0.4, 0.5) is 17.1 Å². The van der Waals surface area contributed by atoms with Gasteiger partial charge in [-0.1, -0.05) is 84.9 Å². The summed E-state index contributed by atoms with van der Waals surface area (Å²) in [6, 6.07) is 55.9. The van der Waals surface area contributed by atoms with Gasteiger partial charge in [0.25, 0.3) is 0 Å². The fourth-order valence-corrected chi connectivity index (χ4v) is 7.86. The molecule has 0 aliphatic heterocycles. The standard InChI is InChI=1S/C47H28N2O2/c1-3-7-38-30(5-1)13-21-42-46(38)40-19-17-36(26-44(40)50-42)49(35-15-11-29(12-16-35)32-9-10-34-28-48-24-23-33(34)25-32)37-18-20-41-45(27-37)51-43-22-14-31-6-2-4-8-39(31)47(41)43/h1-28H. The van der Waals surface area contributed by atoms with Gasteiger partial charge in [0.05, 0.1) is 0 Å². The van der Waals surface area contributed by atoms with Crippen LogP contribution in [-0.2, 0) is 0 Å². The van der Waals surface area contributed by atoms with Crippen LogP contribution in [0.3, 0.4) is 0 Å². The number of benzene rings is 8. The van der Waals surface area contributed by atoms with E-state index in [0.717, 1.165) is 71.9 Å². The van der Waals surface area contributed by atoms with Crippen molar-refractivity contribution >= 4 is 93.3 Å². The Labute approximate surface area is 292 Å². The first-order chi connectivity index (χ1) is 25.2. The quantitative estimate of drug-likeness (QED) is 0.190. The largest absolute Gasteiger partial charge is 0.456 e. The molecule has 0 aliphatic carbocycles. The van der Waals surface area contributed by atoms with E-state index in [1.165, 1.54) is 32.5 Å². The van der Waals surface area contributed by atoms with E-state index in [0.29, 0.717) is 0 Å². The highest BCUT2D eigenvalue weighted by molar-refractivity contribution is 6.20. The van der Waals surface area contributed by atoms with Crippen molar-refractivity contribution in [1.29, 1.82) is 0 Å². The molecule has 0 unspecified atom stereocenters. The molecule has 0 amide bonds. The fourth-order valence-electron chi connectivity index (χ4n) is 7.86. The van der Waals surface area contributed by atoms with Crippen molar-refractivity contribution in [2.45, 2.75) is 0 Å². The average Bonchev–Trinajstić information content (AvgIpc) is 3.76. The molecule has 3 heterocycles. The van der Waals surface area contributed by atoms with Crippen LogP contribution in [-0.4, -0.2) is 4.98 Å². The minimum atomic E-state index is 0.849. The molecular formula is C47H28N2O2. The second kappa shape index (κ2) is 10.8. The highest BCUT2D eigenvalue weighted by Crippen LogP contribution is 2.43. The maximum atomic E-state index is 6.54. The normalized spacial score (nSPS) is 11.9. The zero-order valence-corrected chi connectivity index (χ0v) is 27.4. The summed E-state index contributed by atoms with van der Waals surface area (Å²) in [5.41, 5.74) is 8.82. The van der Waals surface area contributed by atoms with Crippen molar-refractivity contribution < 1.29 is 8.83 Å². The van der Waals surface area contributed by atoms with Crippen LogP contribution in [0, 0.1) is 0 Å². The van der Waals surface area contributed by atoms with Gasteiger partial charge in [-0.2, -0.15) is 0 Å². The zero-order chi connectivity index (χ0) is 33.5. The van der Waals surface area contributed by atoms with Crippen LogP contribution >= 0.6 is 0 Å². The van der Waals surface area contributed by atoms with E-state index in [1.807, 2.05) is 12.4 Å². The predicted molar refractivity (Wildman–Crippen MR) is 211 cm³/mol. The van der Waals surface area contributed by atoms with Gasteiger partial charge in [0, 0.05) is 68.5 Å². The Morgan fingerprint density at radius 2 is 0.922 bits per heavy atom. The maximum Gasteiger partial charge on any atom is 0.137 e. The first kappa shape index (κ1) is 28.0. The van der Waals surface area contributed by atoms with Gasteiger partial charge in [-0.05, 0) is 98.7 Å². The summed E-state index contributed by atoms with van der Waals surface area (Å²) >= 11 is 0. The number of rotatable bonds is 4. The average molecular weight is 653 g/mol. The van der Waals surface area contributed by atoms with Crippen LogP contribution < -0.4 is 4.90 Å². The molecule has 0 bridgehead atoms. The highest BCUT2D eigenvalue weighted by atomic mass is 16.3. The molecule has 238 valence electrons. The summed E-state index contributed by atoms with van der Waals surface area (Å²) < 4.78 is 13.1. The van der Waals surface area contributed by atoms with Gasteiger partial charge in [-0.15, -0.1) is 0 Å². The topological polar surface area (TPSA) is 42.4 Å². The van der Waals surface area contributed by atoms with E-state index >= 15 is 0 Å². The number of fused-ring (bicyclic) bond motifs is 11. The number of pyridine rings is 1. The lowest BCUT2D eigenvalue weighted by Crippen LogP contribution is -2.09. The molecule has 0 saturated carbocycles. The summed E-state index contributed by atoms with van der Waals surface area (Å²) in [6.45, 7) is 0. The van der Waals surface area contributed by atoms with Gasteiger partial charge in [-0.25, -0.2) is 0 Å². The van der Waals surface area contributed by atoms with Crippen LogP contribution in [0.15, 0.2) is 179 Å². The molecule has 0 atom stereocenters. The molecule has 0 N–H and O–H groups in total. The van der Waals surface area contributed by atoms with Crippen molar-refractivity contribution in [2.24, 2.45) is 0 Å². The molecule has 51 heavy (non-hydrogen) atoms. The molecule has 3 aromatic heterocycles. The number of anilines is 3. The minimum absolute atomic E-state index is 0.849. The molecule has 0 saturated heterocycles. The molecule has 0 spiro atoms. The van der Waals surface area contributed by atoms with Crippen molar-refractivity contribution in [3.63, 3.8) is 0 Å². The van der Waals surface area contributed by atoms with E-state index in [4.69, 9.17) is 8.83 Å². The van der Waals surface area contributed by atoms with Crippen LogP contribution in [0.25, 0.3) is 87.3 Å². The lowest BCUT2D eigenvalue weighted by atomic mass is 10.0. The molecule has 0 radical (unpaired) electrons. The lowest BCUT2D eigenvalue weighted by molar-refractivity contribution is 0.669. The third-order valence-electron chi connectivity index (χ3n) is 10.3. The van der Waals surface area contributed by atoms with E-state index < -0.39 is 0 Å². The van der Waals surface area contributed by atoms with Gasteiger partial charge in [0.1, 0.15) is 22.3 Å². The number of hydrogen-bond donors (Lipinski definition) is 0.